The van der Waals surface area contributed by atoms with Gasteiger partial charge in [0.1, 0.15) is 0 Å². The maximum Gasteiger partial charge on any atom is 0.0468 e. The molecule has 0 spiro atoms. The molecular weight excluding hydrogens is 104 g/mol. The van der Waals surface area contributed by atoms with Gasteiger partial charge in [0.15, 0.2) is 0 Å². The topological polar surface area (TPSA) is 128 Å². The number of hydrogen-bond donors (Lipinski definition) is 2. The van der Waals surface area contributed by atoms with E-state index in [9.17, 15) is 0 Å². The fraction of sp³-hybridized carbons (Fsp3) is 0. The lowest BCUT2D eigenvalue weighted by molar-refractivity contribution is -0.482. The summed E-state index contributed by atoms with van der Waals surface area (Å²) in [6, 6.07) is 0. The number of nitrogens with two attached hydrogens (primary N) is 1. The fourth-order valence-corrected chi connectivity index (χ4v) is 0. The summed E-state index contributed by atoms with van der Waals surface area (Å²) in [5, 5.41) is 17.4. The first-order valence-electron chi connectivity index (χ1n) is 1.03. The molecule has 0 rings (SSSR count). The Labute approximate surface area is 38.3 Å². The zero-order chi connectivity index (χ0) is 6.28. The Balaban J connectivity index is 0. The molecule has 7 nitrogen and oxygen atoms in total. The minimum absolute atomic E-state index is 1.25. The molecule has 0 aliphatic carbocycles. The normalized spacial score (nSPS) is 5.14. The van der Waals surface area contributed by atoms with Gasteiger partial charge in [-0.25, -0.2) is 0 Å². The molecule has 0 saturated heterocycles. The zero-order valence-corrected chi connectivity index (χ0v) is 3.20. The van der Waals surface area contributed by atoms with Crippen LogP contribution in [0.4, 0.5) is 0 Å². The van der Waals surface area contributed by atoms with Gasteiger partial charge in [0.25, 0.3) is 0 Å². The first-order valence-corrected chi connectivity index (χ1v) is 1.03. The van der Waals surface area contributed by atoms with E-state index in [4.69, 9.17) is 20.9 Å². The molecule has 0 aliphatic heterocycles. The SMILES string of the molecule is N=[N+]([O-])[O-].NN=O. The van der Waals surface area contributed by atoms with Crippen LogP contribution in [-0.4, -0.2) is 5.02 Å². The van der Waals surface area contributed by atoms with E-state index in [0.29, 0.717) is 0 Å². The van der Waals surface area contributed by atoms with E-state index in [0.717, 1.165) is 0 Å². The van der Waals surface area contributed by atoms with Crippen LogP contribution in [0.25, 0.3) is 0 Å². The summed E-state index contributed by atoms with van der Waals surface area (Å²) in [5.41, 5.74) is 5.31. The van der Waals surface area contributed by atoms with Crippen molar-refractivity contribution in [1.82, 2.24) is 0 Å². The first-order chi connectivity index (χ1) is 3.15. The summed E-state index contributed by atoms with van der Waals surface area (Å²) in [4.78, 5) is 8.33. The van der Waals surface area contributed by atoms with Gasteiger partial charge in [0.05, 0.1) is 0 Å². The van der Waals surface area contributed by atoms with Gasteiger partial charge in [-0.05, 0) is 5.53 Å². The third kappa shape index (κ3) is 15.9. The summed E-state index contributed by atoms with van der Waals surface area (Å²) in [6.45, 7) is 0. The first kappa shape index (κ1) is 9.14. The Bertz CT molecular complexity index is 54.0. The molecule has 0 aromatic rings. The van der Waals surface area contributed by atoms with Gasteiger partial charge < -0.3 is 10.4 Å². The van der Waals surface area contributed by atoms with Gasteiger partial charge in [-0.3, -0.25) is 5.84 Å². The smallest absolute Gasteiger partial charge is 0.0468 e. The van der Waals surface area contributed by atoms with Gasteiger partial charge in [0.2, 0.25) is 0 Å². The second-order valence-corrected chi connectivity index (χ2v) is 0.363. The van der Waals surface area contributed by atoms with Crippen LogP contribution in [0.5, 0.6) is 0 Å². The van der Waals surface area contributed by atoms with Crippen LogP contribution in [0.3, 0.4) is 0 Å². The molecule has 0 heterocycles. The largest absolute Gasteiger partial charge is 0.588 e. The molecule has 0 aromatic heterocycles. The van der Waals surface area contributed by atoms with Crippen molar-refractivity contribution in [1.29, 1.82) is 5.53 Å². The van der Waals surface area contributed by atoms with E-state index >= 15 is 0 Å². The molecule has 7 heteroatoms. The minimum Gasteiger partial charge on any atom is -0.588 e. The van der Waals surface area contributed by atoms with Crippen molar-refractivity contribution < 1.29 is 5.02 Å². The number of nitrogens with one attached hydrogen (secondary N) is 1. The van der Waals surface area contributed by atoms with Crippen molar-refractivity contribution in [3.63, 3.8) is 0 Å². The predicted octanol–water partition coefficient (Wildman–Crippen LogP) is -0.348. The Morgan fingerprint density at radius 1 is 1.71 bits per heavy atom. The van der Waals surface area contributed by atoms with E-state index in [1.807, 2.05) is 0 Å². The standard InChI is InChI=1S/HN2O2.H2N2O/c1-2(3)4;1-2-3/h(H-,1,3,4);(H2,1,3)/q-1;. The molecule has 0 aromatic carbocycles. The molecule has 0 unspecified atom stereocenters. The van der Waals surface area contributed by atoms with E-state index in [1.54, 1.807) is 5.29 Å². The van der Waals surface area contributed by atoms with Crippen LogP contribution in [-0.2, 0) is 0 Å². The minimum atomic E-state index is -1.25. The van der Waals surface area contributed by atoms with Crippen molar-refractivity contribution in [3.8, 4) is 0 Å². The lowest BCUT2D eigenvalue weighted by Crippen LogP contribution is -1.74. The molecule has 42 valence electrons. The molecule has 0 amide bonds. The van der Waals surface area contributed by atoms with Gasteiger partial charge >= 0.3 is 0 Å². The number of nitrogens with zero attached hydrogens (tertiary/aromatic N) is 2. The molecule has 0 radical (unpaired) electrons. The van der Waals surface area contributed by atoms with Crippen molar-refractivity contribution in [2.24, 2.45) is 11.1 Å². The molecular formula is H3N4O3-. The molecule has 0 saturated carbocycles. The molecule has 7 heavy (non-hydrogen) atoms. The van der Waals surface area contributed by atoms with Gasteiger partial charge in [0, 0.05) is 5.29 Å². The van der Waals surface area contributed by atoms with E-state index in [-0.39, 0.29) is 0 Å². The third-order valence-electron chi connectivity index (χ3n) is 0. The predicted molar refractivity (Wildman–Crippen MR) is 19.7 cm³/mol. The van der Waals surface area contributed by atoms with Crippen LogP contribution >= 0.6 is 0 Å². The summed E-state index contributed by atoms with van der Waals surface area (Å²) >= 11 is 0. The van der Waals surface area contributed by atoms with Gasteiger partial charge in [-0.15, -0.1) is 4.91 Å². The fourth-order valence-electron chi connectivity index (χ4n) is 0. The van der Waals surface area contributed by atoms with Crippen LogP contribution in [0.2, 0.25) is 0 Å². The van der Waals surface area contributed by atoms with Crippen molar-refractivity contribution in [2.75, 3.05) is 0 Å². The van der Waals surface area contributed by atoms with E-state index in [2.05, 4.69) is 5.84 Å². The number of hydrogen-bond acceptors (Lipinski definition) is 5. The lowest BCUT2D eigenvalue weighted by Gasteiger charge is -1.88. The van der Waals surface area contributed by atoms with E-state index in [1.165, 1.54) is 0 Å². The summed E-state index contributed by atoms with van der Waals surface area (Å²) in [6.07, 6.45) is 0. The lowest BCUT2D eigenvalue weighted by atomic mass is 12.9. The average molecular weight is 107 g/mol. The molecule has 0 atom stereocenters. The van der Waals surface area contributed by atoms with Crippen molar-refractivity contribution in [2.45, 2.75) is 0 Å². The average Bonchev–Trinajstić information content (AvgIpc) is 1.33. The molecule has 0 fully saturated rings. The van der Waals surface area contributed by atoms with Crippen molar-refractivity contribution >= 4 is 0 Å². The Morgan fingerprint density at radius 2 is 1.71 bits per heavy atom. The highest BCUT2D eigenvalue weighted by Crippen LogP contribution is 1.45. The maximum absolute atomic E-state index is 8.47. The zero-order valence-electron chi connectivity index (χ0n) is 3.20. The summed E-state index contributed by atoms with van der Waals surface area (Å²) in [5.74, 6) is 3.92. The Hall–Kier alpha value is -1.40. The van der Waals surface area contributed by atoms with Crippen LogP contribution in [0.1, 0.15) is 0 Å². The number of nitroso groups, excluding NO2 is 1. The second kappa shape index (κ2) is 8.82. The molecule has 3 N–H and O–H groups in total. The third-order valence-corrected chi connectivity index (χ3v) is 0. The maximum atomic E-state index is 8.47. The molecule has 0 bridgehead atoms. The highest BCUT2D eigenvalue weighted by Gasteiger charge is 1.34. The summed E-state index contributed by atoms with van der Waals surface area (Å²) < 4.78 is 0. The van der Waals surface area contributed by atoms with Crippen LogP contribution < -0.4 is 5.84 Å². The van der Waals surface area contributed by atoms with Crippen LogP contribution in [0, 0.1) is 20.9 Å². The van der Waals surface area contributed by atoms with Gasteiger partial charge in [-0.1, -0.05) is 5.02 Å². The van der Waals surface area contributed by atoms with Crippen molar-refractivity contribution in [3.05, 3.63) is 15.3 Å². The van der Waals surface area contributed by atoms with Gasteiger partial charge in [-0.2, -0.15) is 0 Å². The van der Waals surface area contributed by atoms with Crippen LogP contribution in [0.15, 0.2) is 5.29 Å². The van der Waals surface area contributed by atoms with E-state index < -0.39 is 5.02 Å². The quantitative estimate of drug-likeness (QED) is 0.189. The Kier molecular flexibility index (Phi) is 11.5. The Morgan fingerprint density at radius 3 is 1.71 bits per heavy atom. The monoisotopic (exact) mass is 107 g/mol. The molecule has 0 aliphatic rings. The summed E-state index contributed by atoms with van der Waals surface area (Å²) in [7, 11) is 0. The number of rotatable bonds is 0. The highest BCUT2D eigenvalue weighted by atomic mass is 16.8. The highest BCUT2D eigenvalue weighted by molar-refractivity contribution is 3.95. The second-order valence-electron chi connectivity index (χ2n) is 0.363.